The number of benzene rings is 1. The summed E-state index contributed by atoms with van der Waals surface area (Å²) >= 11 is 2.96. The fraction of sp³-hybridized carbons (Fsp3) is 0.273. The second-order valence-electron chi connectivity index (χ2n) is 3.75. The van der Waals surface area contributed by atoms with Crippen molar-refractivity contribution in [1.82, 2.24) is 0 Å². The number of halogens is 3. The fourth-order valence-electron chi connectivity index (χ4n) is 1.80. The summed E-state index contributed by atoms with van der Waals surface area (Å²) in [5.74, 6) is -2.57. The Morgan fingerprint density at radius 2 is 2.00 bits per heavy atom. The minimum absolute atomic E-state index is 0.00540. The van der Waals surface area contributed by atoms with Crippen molar-refractivity contribution < 1.29 is 13.6 Å². The van der Waals surface area contributed by atoms with Crippen LogP contribution in [0.25, 0.3) is 0 Å². The molecule has 1 atom stereocenters. The Labute approximate surface area is 105 Å². The molecule has 1 aromatic rings. The van der Waals surface area contributed by atoms with Gasteiger partial charge >= 0.3 is 0 Å². The molecule has 1 amide bonds. The zero-order chi connectivity index (χ0) is 12.6. The van der Waals surface area contributed by atoms with Crippen LogP contribution in [0.15, 0.2) is 16.6 Å². The monoisotopic (exact) mass is 300 g/mol. The summed E-state index contributed by atoms with van der Waals surface area (Å²) < 4.78 is 27.5. The molecule has 1 heterocycles. The molecule has 0 spiro atoms. The summed E-state index contributed by atoms with van der Waals surface area (Å²) in [4.78, 5) is 12.6. The molecule has 1 fully saturated rings. The van der Waals surface area contributed by atoms with Crippen molar-refractivity contribution in [3.63, 3.8) is 0 Å². The Kier molecular flexibility index (Phi) is 3.11. The van der Waals surface area contributed by atoms with Crippen molar-refractivity contribution in [2.24, 2.45) is 5.92 Å². The van der Waals surface area contributed by atoms with Gasteiger partial charge in [0.25, 0.3) is 0 Å². The molecule has 1 saturated heterocycles. The summed E-state index contributed by atoms with van der Waals surface area (Å²) in [5, 5.41) is 8.71. The second-order valence-corrected chi connectivity index (χ2v) is 4.67. The van der Waals surface area contributed by atoms with Crippen molar-refractivity contribution in [3.05, 3.63) is 28.2 Å². The van der Waals surface area contributed by atoms with E-state index in [1.165, 1.54) is 0 Å². The minimum atomic E-state index is -0.816. The number of rotatable bonds is 1. The third-order valence-electron chi connectivity index (χ3n) is 2.56. The van der Waals surface area contributed by atoms with Gasteiger partial charge in [-0.1, -0.05) is 15.9 Å². The lowest BCUT2D eigenvalue weighted by Crippen LogP contribution is -2.26. The van der Waals surface area contributed by atoms with Gasteiger partial charge in [0.05, 0.1) is 12.0 Å². The van der Waals surface area contributed by atoms with Crippen LogP contribution < -0.4 is 4.90 Å². The van der Waals surface area contributed by atoms with E-state index in [2.05, 4.69) is 15.9 Å². The highest BCUT2D eigenvalue weighted by atomic mass is 79.9. The van der Waals surface area contributed by atoms with Gasteiger partial charge in [0, 0.05) is 17.4 Å². The zero-order valence-corrected chi connectivity index (χ0v) is 10.2. The summed E-state index contributed by atoms with van der Waals surface area (Å²) in [7, 11) is 0. The van der Waals surface area contributed by atoms with Gasteiger partial charge in [-0.25, -0.2) is 8.78 Å². The molecular weight excluding hydrogens is 294 g/mol. The van der Waals surface area contributed by atoms with Gasteiger partial charge in [-0.05, 0) is 12.1 Å². The first-order valence-corrected chi connectivity index (χ1v) is 5.66. The van der Waals surface area contributed by atoms with Crippen LogP contribution in [0.3, 0.4) is 0 Å². The summed E-state index contributed by atoms with van der Waals surface area (Å²) in [6.45, 7) is 0.0325. The van der Waals surface area contributed by atoms with Crippen molar-refractivity contribution in [2.75, 3.05) is 11.4 Å². The van der Waals surface area contributed by atoms with Gasteiger partial charge in [-0.2, -0.15) is 5.26 Å². The lowest BCUT2D eigenvalue weighted by atomic mass is 10.1. The fourth-order valence-corrected chi connectivity index (χ4v) is 2.20. The van der Waals surface area contributed by atoms with Crippen molar-refractivity contribution in [3.8, 4) is 6.07 Å². The maximum Gasteiger partial charge on any atom is 0.228 e. The van der Waals surface area contributed by atoms with E-state index >= 15 is 0 Å². The van der Waals surface area contributed by atoms with Gasteiger partial charge in [0.2, 0.25) is 5.91 Å². The van der Waals surface area contributed by atoms with E-state index in [0.717, 1.165) is 17.0 Å². The van der Waals surface area contributed by atoms with Crippen LogP contribution in [-0.2, 0) is 4.79 Å². The summed E-state index contributed by atoms with van der Waals surface area (Å²) in [5.41, 5.74) is -0.379. The molecule has 2 rings (SSSR count). The maximum atomic E-state index is 13.6. The molecule has 1 aliphatic rings. The number of amides is 1. The predicted molar refractivity (Wildman–Crippen MR) is 60.1 cm³/mol. The average molecular weight is 301 g/mol. The van der Waals surface area contributed by atoms with Crippen LogP contribution in [0.2, 0.25) is 0 Å². The molecule has 17 heavy (non-hydrogen) atoms. The number of anilines is 1. The average Bonchev–Trinajstić information content (AvgIpc) is 2.59. The van der Waals surface area contributed by atoms with Crippen molar-refractivity contribution in [1.29, 1.82) is 5.26 Å². The SMILES string of the molecule is N#CC1CC(=O)N(c2c(F)cc(Br)cc2F)C1. The second kappa shape index (κ2) is 4.41. The lowest BCUT2D eigenvalue weighted by molar-refractivity contribution is -0.117. The van der Waals surface area contributed by atoms with Crippen LogP contribution >= 0.6 is 15.9 Å². The molecule has 6 heteroatoms. The minimum Gasteiger partial charge on any atom is -0.306 e. The van der Waals surface area contributed by atoms with Crippen LogP contribution in [-0.4, -0.2) is 12.5 Å². The van der Waals surface area contributed by atoms with E-state index < -0.39 is 23.5 Å². The third kappa shape index (κ3) is 2.15. The molecule has 88 valence electrons. The highest BCUT2D eigenvalue weighted by Gasteiger charge is 2.33. The summed E-state index contributed by atoms with van der Waals surface area (Å²) in [6.07, 6.45) is 0.00540. The lowest BCUT2D eigenvalue weighted by Gasteiger charge is -2.17. The molecule has 1 aliphatic heterocycles. The highest BCUT2D eigenvalue weighted by molar-refractivity contribution is 9.10. The molecule has 0 bridgehead atoms. The van der Waals surface area contributed by atoms with E-state index in [0.29, 0.717) is 0 Å². The van der Waals surface area contributed by atoms with E-state index in [4.69, 9.17) is 5.26 Å². The Bertz CT molecular complexity index is 504. The molecule has 0 aromatic heterocycles. The van der Waals surface area contributed by atoms with E-state index in [9.17, 15) is 13.6 Å². The number of carbonyl (C=O) groups is 1. The Morgan fingerprint density at radius 3 is 2.47 bits per heavy atom. The Balaban J connectivity index is 2.42. The highest BCUT2D eigenvalue weighted by Crippen LogP contribution is 2.31. The number of hydrogen-bond acceptors (Lipinski definition) is 2. The summed E-state index contributed by atoms with van der Waals surface area (Å²) in [6, 6.07) is 4.11. The number of carbonyl (C=O) groups excluding carboxylic acids is 1. The zero-order valence-electron chi connectivity index (χ0n) is 8.58. The van der Waals surface area contributed by atoms with Crippen LogP contribution in [0.4, 0.5) is 14.5 Å². The largest absolute Gasteiger partial charge is 0.306 e. The quantitative estimate of drug-likeness (QED) is 0.800. The Hall–Kier alpha value is -1.48. The number of nitriles is 1. The van der Waals surface area contributed by atoms with Gasteiger partial charge < -0.3 is 4.90 Å². The van der Waals surface area contributed by atoms with E-state index in [1.807, 2.05) is 6.07 Å². The molecule has 0 saturated carbocycles. The topological polar surface area (TPSA) is 44.1 Å². The first-order chi connectivity index (χ1) is 8.02. The predicted octanol–water partition coefficient (Wildman–Crippen LogP) is 2.60. The number of hydrogen-bond donors (Lipinski definition) is 0. The first kappa shape index (κ1) is 12.0. The van der Waals surface area contributed by atoms with Gasteiger partial charge in [0.15, 0.2) is 11.6 Å². The molecule has 1 unspecified atom stereocenters. The molecular formula is C11H7BrF2N2O. The standard InChI is InChI=1S/C11H7BrF2N2O/c12-7-2-8(13)11(9(14)3-7)16-5-6(4-15)1-10(16)17/h2-3,6H,1,5H2. The van der Waals surface area contributed by atoms with Gasteiger partial charge in [-0.3, -0.25) is 4.79 Å². The Morgan fingerprint density at radius 1 is 1.41 bits per heavy atom. The van der Waals surface area contributed by atoms with Crippen LogP contribution in [0.1, 0.15) is 6.42 Å². The smallest absolute Gasteiger partial charge is 0.228 e. The molecule has 0 aliphatic carbocycles. The van der Waals surface area contributed by atoms with Crippen molar-refractivity contribution >= 4 is 27.5 Å². The molecule has 3 nitrogen and oxygen atoms in total. The van der Waals surface area contributed by atoms with Crippen LogP contribution in [0, 0.1) is 28.9 Å². The normalized spacial score (nSPS) is 19.5. The first-order valence-electron chi connectivity index (χ1n) is 4.87. The van der Waals surface area contributed by atoms with Crippen molar-refractivity contribution in [2.45, 2.75) is 6.42 Å². The molecule has 1 aromatic carbocycles. The van der Waals surface area contributed by atoms with E-state index in [-0.39, 0.29) is 23.1 Å². The molecule has 0 radical (unpaired) electrons. The van der Waals surface area contributed by atoms with Gasteiger partial charge in [0.1, 0.15) is 5.69 Å². The third-order valence-corrected chi connectivity index (χ3v) is 3.02. The molecule has 0 N–H and O–H groups in total. The van der Waals surface area contributed by atoms with E-state index in [1.54, 1.807) is 0 Å². The maximum absolute atomic E-state index is 13.6. The van der Waals surface area contributed by atoms with Gasteiger partial charge in [-0.15, -0.1) is 0 Å². The van der Waals surface area contributed by atoms with Crippen LogP contribution in [0.5, 0.6) is 0 Å². The number of nitrogens with zero attached hydrogens (tertiary/aromatic N) is 2.